The molecule has 1 aliphatic rings. The molecule has 0 heterocycles. The van der Waals surface area contributed by atoms with Gasteiger partial charge in [0.1, 0.15) is 5.82 Å². The van der Waals surface area contributed by atoms with Gasteiger partial charge in [0.25, 0.3) is 0 Å². The van der Waals surface area contributed by atoms with Crippen molar-refractivity contribution in [2.75, 3.05) is 0 Å². The SMILES string of the molecule is CC1(c2ccc(Br)c(Cl)c2F)CCC(O)C1. The highest BCUT2D eigenvalue weighted by atomic mass is 79.9. The van der Waals surface area contributed by atoms with Crippen molar-refractivity contribution in [1.82, 2.24) is 0 Å². The van der Waals surface area contributed by atoms with E-state index in [0.717, 1.165) is 12.8 Å². The summed E-state index contributed by atoms with van der Waals surface area (Å²) >= 11 is 9.07. The molecule has 1 nitrogen and oxygen atoms in total. The van der Waals surface area contributed by atoms with E-state index >= 15 is 0 Å². The maximum atomic E-state index is 14.0. The Hall–Kier alpha value is -0.120. The molecule has 2 atom stereocenters. The Labute approximate surface area is 108 Å². The number of aliphatic hydroxyl groups excluding tert-OH is 1. The fraction of sp³-hybridized carbons (Fsp3) is 0.500. The molecule has 0 radical (unpaired) electrons. The molecule has 4 heteroatoms. The van der Waals surface area contributed by atoms with Crippen molar-refractivity contribution in [3.63, 3.8) is 0 Å². The van der Waals surface area contributed by atoms with Crippen LogP contribution >= 0.6 is 27.5 Å². The zero-order valence-electron chi connectivity index (χ0n) is 8.93. The van der Waals surface area contributed by atoms with Crippen molar-refractivity contribution >= 4 is 27.5 Å². The standard InChI is InChI=1S/C12H13BrClFO/c1-12(5-4-7(16)6-12)8-2-3-9(13)10(14)11(8)15/h2-3,7,16H,4-6H2,1H3. The minimum absolute atomic E-state index is 0.125. The number of hydrogen-bond acceptors (Lipinski definition) is 1. The third kappa shape index (κ3) is 2.01. The molecule has 0 bridgehead atoms. The van der Waals surface area contributed by atoms with Crippen molar-refractivity contribution in [1.29, 1.82) is 0 Å². The Morgan fingerprint density at radius 2 is 2.25 bits per heavy atom. The van der Waals surface area contributed by atoms with Gasteiger partial charge in [-0.2, -0.15) is 0 Å². The number of aliphatic hydroxyl groups is 1. The van der Waals surface area contributed by atoms with Crippen molar-refractivity contribution in [3.05, 3.63) is 33.0 Å². The summed E-state index contributed by atoms with van der Waals surface area (Å²) in [5.74, 6) is -0.368. The van der Waals surface area contributed by atoms with E-state index in [1.165, 1.54) is 0 Å². The quantitative estimate of drug-likeness (QED) is 0.776. The van der Waals surface area contributed by atoms with Crippen molar-refractivity contribution < 1.29 is 9.50 Å². The molecule has 1 aromatic rings. The normalized spacial score (nSPS) is 29.7. The summed E-state index contributed by atoms with van der Waals surface area (Å²) in [5.41, 5.74) is 0.311. The van der Waals surface area contributed by atoms with E-state index in [4.69, 9.17) is 11.6 Å². The molecule has 2 rings (SSSR count). The second-order valence-corrected chi connectivity index (χ2v) is 5.91. The molecule has 1 aliphatic carbocycles. The summed E-state index contributed by atoms with van der Waals surface area (Å²) in [6, 6.07) is 3.51. The number of hydrogen-bond donors (Lipinski definition) is 1. The minimum Gasteiger partial charge on any atom is -0.393 e. The third-order valence-corrected chi connectivity index (χ3v) is 4.66. The van der Waals surface area contributed by atoms with E-state index < -0.39 is 0 Å². The van der Waals surface area contributed by atoms with Gasteiger partial charge in [0.15, 0.2) is 0 Å². The number of benzene rings is 1. The van der Waals surface area contributed by atoms with Crippen LogP contribution in [0.2, 0.25) is 5.02 Å². The van der Waals surface area contributed by atoms with Gasteiger partial charge in [-0.3, -0.25) is 0 Å². The van der Waals surface area contributed by atoms with E-state index in [1.54, 1.807) is 12.1 Å². The maximum absolute atomic E-state index is 14.0. The Balaban J connectivity index is 2.45. The molecule has 1 saturated carbocycles. The van der Waals surface area contributed by atoms with Gasteiger partial charge in [0.2, 0.25) is 0 Å². The Bertz CT molecular complexity index is 424. The lowest BCUT2D eigenvalue weighted by atomic mass is 9.80. The van der Waals surface area contributed by atoms with Crippen molar-refractivity contribution in [3.8, 4) is 0 Å². The lowest BCUT2D eigenvalue weighted by Crippen LogP contribution is -2.20. The largest absolute Gasteiger partial charge is 0.393 e. The molecule has 1 N–H and O–H groups in total. The van der Waals surface area contributed by atoms with Crippen LogP contribution in [-0.4, -0.2) is 11.2 Å². The van der Waals surface area contributed by atoms with Gasteiger partial charge < -0.3 is 5.11 Å². The van der Waals surface area contributed by atoms with E-state index in [-0.39, 0.29) is 22.4 Å². The van der Waals surface area contributed by atoms with E-state index in [0.29, 0.717) is 16.5 Å². The predicted octanol–water partition coefficient (Wildman–Crippen LogP) is 4.04. The molecule has 0 aromatic heterocycles. The Morgan fingerprint density at radius 1 is 1.56 bits per heavy atom. The monoisotopic (exact) mass is 306 g/mol. The Morgan fingerprint density at radius 3 is 2.81 bits per heavy atom. The average molecular weight is 308 g/mol. The van der Waals surface area contributed by atoms with Crippen LogP contribution in [0, 0.1) is 5.82 Å². The highest BCUT2D eigenvalue weighted by Gasteiger charge is 2.38. The summed E-state index contributed by atoms with van der Waals surface area (Å²) in [5, 5.41) is 9.70. The highest BCUT2D eigenvalue weighted by Crippen LogP contribution is 2.43. The lowest BCUT2D eigenvalue weighted by Gasteiger charge is -2.25. The van der Waals surface area contributed by atoms with Gasteiger partial charge in [-0.1, -0.05) is 24.6 Å². The van der Waals surface area contributed by atoms with Gasteiger partial charge >= 0.3 is 0 Å². The zero-order chi connectivity index (χ0) is 11.9. The first-order chi connectivity index (χ1) is 7.44. The minimum atomic E-state index is -0.368. The van der Waals surface area contributed by atoms with Gasteiger partial charge in [0, 0.05) is 4.47 Å². The average Bonchev–Trinajstić information content (AvgIpc) is 2.56. The summed E-state index contributed by atoms with van der Waals surface area (Å²) in [4.78, 5) is 0. The molecule has 1 fully saturated rings. The molecule has 0 saturated heterocycles. The lowest BCUT2D eigenvalue weighted by molar-refractivity contribution is 0.175. The smallest absolute Gasteiger partial charge is 0.146 e. The first-order valence-corrected chi connectivity index (χ1v) is 6.43. The highest BCUT2D eigenvalue weighted by molar-refractivity contribution is 9.10. The van der Waals surface area contributed by atoms with Gasteiger partial charge in [0.05, 0.1) is 11.1 Å². The second-order valence-electron chi connectivity index (χ2n) is 4.68. The summed E-state index contributed by atoms with van der Waals surface area (Å²) in [6.07, 6.45) is 1.79. The molecule has 1 aromatic carbocycles. The molecular formula is C12H13BrClFO. The van der Waals surface area contributed by atoms with Crippen LogP contribution in [0.3, 0.4) is 0 Å². The molecule has 2 unspecified atom stereocenters. The maximum Gasteiger partial charge on any atom is 0.146 e. The zero-order valence-corrected chi connectivity index (χ0v) is 11.3. The van der Waals surface area contributed by atoms with Gasteiger partial charge in [-0.05, 0) is 52.2 Å². The topological polar surface area (TPSA) is 20.2 Å². The van der Waals surface area contributed by atoms with Crippen LogP contribution in [0.15, 0.2) is 16.6 Å². The van der Waals surface area contributed by atoms with Crippen LogP contribution in [-0.2, 0) is 5.41 Å². The van der Waals surface area contributed by atoms with Gasteiger partial charge in [-0.15, -0.1) is 0 Å². The van der Waals surface area contributed by atoms with Crippen LogP contribution in [0.4, 0.5) is 4.39 Å². The third-order valence-electron chi connectivity index (χ3n) is 3.40. The molecule has 0 amide bonds. The first kappa shape index (κ1) is 12.3. The fourth-order valence-electron chi connectivity index (χ4n) is 2.45. The van der Waals surface area contributed by atoms with Crippen molar-refractivity contribution in [2.45, 2.75) is 37.7 Å². The van der Waals surface area contributed by atoms with Crippen LogP contribution in [0.1, 0.15) is 31.7 Å². The van der Waals surface area contributed by atoms with Crippen LogP contribution in [0.25, 0.3) is 0 Å². The van der Waals surface area contributed by atoms with Crippen LogP contribution in [0.5, 0.6) is 0 Å². The second kappa shape index (κ2) is 4.28. The number of rotatable bonds is 1. The summed E-state index contributed by atoms with van der Waals surface area (Å²) in [6.45, 7) is 1.98. The van der Waals surface area contributed by atoms with Gasteiger partial charge in [-0.25, -0.2) is 4.39 Å². The number of halogens is 3. The Kier molecular flexibility index (Phi) is 3.30. The van der Waals surface area contributed by atoms with E-state index in [1.807, 2.05) is 6.92 Å². The van der Waals surface area contributed by atoms with Crippen molar-refractivity contribution in [2.24, 2.45) is 0 Å². The molecule has 0 aliphatic heterocycles. The predicted molar refractivity (Wildman–Crippen MR) is 66.3 cm³/mol. The first-order valence-electron chi connectivity index (χ1n) is 5.26. The van der Waals surface area contributed by atoms with Crippen LogP contribution < -0.4 is 0 Å². The molecular weight excluding hydrogens is 294 g/mol. The molecule has 0 spiro atoms. The van der Waals surface area contributed by atoms with E-state index in [2.05, 4.69) is 15.9 Å². The summed E-state index contributed by atoms with van der Waals surface area (Å²) in [7, 11) is 0. The van der Waals surface area contributed by atoms with E-state index in [9.17, 15) is 9.50 Å². The molecule has 88 valence electrons. The fourth-order valence-corrected chi connectivity index (χ4v) is 2.92. The molecule has 16 heavy (non-hydrogen) atoms. The summed E-state index contributed by atoms with van der Waals surface area (Å²) < 4.78 is 14.6.